The predicted octanol–water partition coefficient (Wildman–Crippen LogP) is 2.46. The van der Waals surface area contributed by atoms with E-state index in [1.54, 1.807) is 0 Å². The van der Waals surface area contributed by atoms with Crippen LogP contribution in [-0.2, 0) is 0 Å². The molecule has 0 radical (unpaired) electrons. The number of pyridine rings is 1. The Morgan fingerprint density at radius 1 is 1.27 bits per heavy atom. The first-order valence-electron chi connectivity index (χ1n) is 8.39. The largest absolute Gasteiger partial charge is 0.389 e. The summed E-state index contributed by atoms with van der Waals surface area (Å²) < 4.78 is 2.10. The van der Waals surface area contributed by atoms with Crippen molar-refractivity contribution in [1.82, 2.24) is 19.5 Å². The van der Waals surface area contributed by atoms with Crippen molar-refractivity contribution in [3.63, 3.8) is 0 Å². The third kappa shape index (κ3) is 3.01. The first kappa shape index (κ1) is 15.4. The van der Waals surface area contributed by atoms with Gasteiger partial charge in [-0.2, -0.15) is 0 Å². The molecule has 0 aliphatic carbocycles. The molecule has 1 aliphatic heterocycles. The van der Waals surface area contributed by atoms with Crippen LogP contribution in [0.4, 0.5) is 0 Å². The number of hydrogen-bond donors (Lipinski definition) is 1. The van der Waals surface area contributed by atoms with Crippen molar-refractivity contribution >= 4 is 5.65 Å². The zero-order chi connectivity index (χ0) is 15.6. The van der Waals surface area contributed by atoms with Gasteiger partial charge in [0.1, 0.15) is 5.82 Å². The van der Waals surface area contributed by atoms with E-state index in [0.717, 1.165) is 56.8 Å². The lowest BCUT2D eigenvalue weighted by molar-refractivity contribution is -0.0101. The van der Waals surface area contributed by atoms with Gasteiger partial charge in [-0.15, -0.1) is 10.2 Å². The third-order valence-corrected chi connectivity index (χ3v) is 5.04. The van der Waals surface area contributed by atoms with Crippen LogP contribution >= 0.6 is 0 Å². The summed E-state index contributed by atoms with van der Waals surface area (Å²) >= 11 is 0. The molecule has 120 valence electrons. The van der Waals surface area contributed by atoms with Gasteiger partial charge in [-0.25, -0.2) is 0 Å². The van der Waals surface area contributed by atoms with Crippen LogP contribution in [0.1, 0.15) is 51.3 Å². The van der Waals surface area contributed by atoms with E-state index in [1.165, 1.54) is 0 Å². The molecule has 1 atom stereocenters. The fraction of sp³-hybridized carbons (Fsp3) is 0.647. The number of rotatable bonds is 5. The van der Waals surface area contributed by atoms with Crippen LogP contribution in [0.5, 0.6) is 0 Å². The molecule has 2 aromatic rings. The van der Waals surface area contributed by atoms with Crippen LogP contribution in [0.2, 0.25) is 0 Å². The first-order chi connectivity index (χ1) is 10.6. The van der Waals surface area contributed by atoms with E-state index in [1.807, 2.05) is 24.4 Å². The Hall–Kier alpha value is -1.46. The van der Waals surface area contributed by atoms with E-state index in [2.05, 4.69) is 33.3 Å². The van der Waals surface area contributed by atoms with E-state index in [-0.39, 0.29) is 0 Å². The van der Waals surface area contributed by atoms with Crippen molar-refractivity contribution in [3.05, 3.63) is 30.2 Å². The molecule has 0 spiro atoms. The molecular formula is C17H26N4O. The van der Waals surface area contributed by atoms with Crippen LogP contribution in [-0.4, -0.2) is 49.8 Å². The number of aliphatic hydroxyl groups is 1. The van der Waals surface area contributed by atoms with Gasteiger partial charge in [0.15, 0.2) is 5.65 Å². The monoisotopic (exact) mass is 302 g/mol. The molecule has 2 aromatic heterocycles. The summed E-state index contributed by atoms with van der Waals surface area (Å²) in [6.07, 6.45) is 5.94. The molecule has 1 aliphatic rings. The normalized spacial score (nSPS) is 20.6. The molecule has 5 heteroatoms. The van der Waals surface area contributed by atoms with Gasteiger partial charge in [0.2, 0.25) is 0 Å². The Labute approximate surface area is 132 Å². The molecule has 0 aromatic carbocycles. The lowest BCUT2D eigenvalue weighted by atomic mass is 9.92. The molecule has 1 N–H and O–H groups in total. The molecule has 22 heavy (non-hydrogen) atoms. The van der Waals surface area contributed by atoms with Crippen molar-refractivity contribution in [1.29, 1.82) is 0 Å². The van der Waals surface area contributed by atoms with Crippen LogP contribution in [0.25, 0.3) is 5.65 Å². The highest BCUT2D eigenvalue weighted by molar-refractivity contribution is 5.37. The number of fused-ring (bicyclic) bond motifs is 1. The molecular weight excluding hydrogens is 276 g/mol. The highest BCUT2D eigenvalue weighted by atomic mass is 16.3. The third-order valence-electron chi connectivity index (χ3n) is 5.04. The van der Waals surface area contributed by atoms with Crippen molar-refractivity contribution in [2.45, 2.75) is 51.0 Å². The van der Waals surface area contributed by atoms with Gasteiger partial charge in [-0.3, -0.25) is 9.30 Å². The van der Waals surface area contributed by atoms with Gasteiger partial charge in [0.25, 0.3) is 0 Å². The van der Waals surface area contributed by atoms with Crippen molar-refractivity contribution in [2.24, 2.45) is 0 Å². The second-order valence-electron chi connectivity index (χ2n) is 6.49. The van der Waals surface area contributed by atoms with Gasteiger partial charge >= 0.3 is 0 Å². The number of nitrogens with zero attached hydrogens (tertiary/aromatic N) is 4. The average molecular weight is 302 g/mol. The van der Waals surface area contributed by atoms with Crippen LogP contribution < -0.4 is 0 Å². The number of piperidine rings is 1. The molecule has 1 saturated heterocycles. The quantitative estimate of drug-likeness (QED) is 0.922. The highest BCUT2D eigenvalue weighted by Crippen LogP contribution is 2.28. The van der Waals surface area contributed by atoms with E-state index in [4.69, 9.17) is 0 Å². The van der Waals surface area contributed by atoms with Gasteiger partial charge < -0.3 is 5.11 Å². The van der Waals surface area contributed by atoms with E-state index < -0.39 is 5.60 Å². The fourth-order valence-electron chi connectivity index (χ4n) is 3.44. The molecule has 3 heterocycles. The van der Waals surface area contributed by atoms with Gasteiger partial charge in [0.05, 0.1) is 5.60 Å². The van der Waals surface area contributed by atoms with Crippen LogP contribution in [0, 0.1) is 0 Å². The molecule has 0 saturated carbocycles. The summed E-state index contributed by atoms with van der Waals surface area (Å²) in [5.74, 6) is 1.45. The maximum atomic E-state index is 10.6. The SMILES string of the molecule is CCC(O)(CC)CN1CCCC(c2nnc3ccccn23)C1. The van der Waals surface area contributed by atoms with E-state index in [0.29, 0.717) is 5.92 Å². The second-order valence-corrected chi connectivity index (χ2v) is 6.49. The number of hydrogen-bond acceptors (Lipinski definition) is 4. The number of likely N-dealkylation sites (tertiary alicyclic amines) is 1. The standard InChI is InChI=1S/C17H26N4O/c1-3-17(22,4-2)13-20-10-7-8-14(12-20)16-19-18-15-9-5-6-11-21(15)16/h5-6,9,11,14,22H,3-4,7-8,10,12-13H2,1-2H3. The minimum absolute atomic E-state index is 0.393. The second kappa shape index (κ2) is 6.34. The maximum Gasteiger partial charge on any atom is 0.160 e. The van der Waals surface area contributed by atoms with Crippen molar-refractivity contribution < 1.29 is 5.11 Å². The summed E-state index contributed by atoms with van der Waals surface area (Å²) in [5.41, 5.74) is 0.350. The minimum atomic E-state index is -0.561. The summed E-state index contributed by atoms with van der Waals surface area (Å²) in [6.45, 7) is 6.91. The minimum Gasteiger partial charge on any atom is -0.389 e. The number of aromatic nitrogens is 3. The van der Waals surface area contributed by atoms with Crippen LogP contribution in [0.15, 0.2) is 24.4 Å². The summed E-state index contributed by atoms with van der Waals surface area (Å²) in [6, 6.07) is 6.00. The Balaban J connectivity index is 1.76. The maximum absolute atomic E-state index is 10.6. The molecule has 3 rings (SSSR count). The zero-order valence-corrected chi connectivity index (χ0v) is 13.6. The summed E-state index contributed by atoms with van der Waals surface area (Å²) in [5, 5.41) is 19.3. The highest BCUT2D eigenvalue weighted by Gasteiger charge is 2.30. The summed E-state index contributed by atoms with van der Waals surface area (Å²) in [7, 11) is 0. The lowest BCUT2D eigenvalue weighted by Gasteiger charge is -2.37. The van der Waals surface area contributed by atoms with Gasteiger partial charge in [-0.05, 0) is 44.4 Å². The molecule has 0 amide bonds. The smallest absolute Gasteiger partial charge is 0.160 e. The van der Waals surface area contributed by atoms with Crippen LogP contribution in [0.3, 0.4) is 0 Å². The van der Waals surface area contributed by atoms with Crippen molar-refractivity contribution in [3.8, 4) is 0 Å². The summed E-state index contributed by atoms with van der Waals surface area (Å²) in [4.78, 5) is 2.39. The van der Waals surface area contributed by atoms with E-state index >= 15 is 0 Å². The average Bonchev–Trinajstić information content (AvgIpc) is 2.99. The zero-order valence-electron chi connectivity index (χ0n) is 13.6. The Kier molecular flexibility index (Phi) is 4.45. The molecule has 1 unspecified atom stereocenters. The van der Waals surface area contributed by atoms with Gasteiger partial charge in [-0.1, -0.05) is 19.9 Å². The Morgan fingerprint density at radius 3 is 2.86 bits per heavy atom. The van der Waals surface area contributed by atoms with E-state index in [9.17, 15) is 5.11 Å². The molecule has 1 fully saturated rings. The lowest BCUT2D eigenvalue weighted by Crippen LogP contribution is -2.46. The Bertz CT molecular complexity index is 620. The Morgan fingerprint density at radius 2 is 2.09 bits per heavy atom. The molecule has 0 bridgehead atoms. The first-order valence-corrected chi connectivity index (χ1v) is 8.39. The number of β-amino-alcohol motifs (C(OH)–C–C–N with tert-alkyl or cyclic N) is 1. The fourth-order valence-corrected chi connectivity index (χ4v) is 3.44. The van der Waals surface area contributed by atoms with Gasteiger partial charge in [0, 0.05) is 25.2 Å². The van der Waals surface area contributed by atoms with Crippen molar-refractivity contribution in [2.75, 3.05) is 19.6 Å². The predicted molar refractivity (Wildman–Crippen MR) is 86.9 cm³/mol. The topological polar surface area (TPSA) is 53.7 Å². The molecule has 5 nitrogen and oxygen atoms in total.